The van der Waals surface area contributed by atoms with Gasteiger partial charge in [0, 0.05) is 6.04 Å². The number of rotatable bonds is 5. The van der Waals surface area contributed by atoms with E-state index in [1.165, 1.54) is 39.3 Å². The summed E-state index contributed by atoms with van der Waals surface area (Å²) in [5, 5.41) is 0. The first-order valence-corrected chi connectivity index (χ1v) is 7.48. The molecule has 104 valence electrons. The number of hydrogen-bond donors (Lipinski definition) is 0. The van der Waals surface area contributed by atoms with Gasteiger partial charge in [0.15, 0.2) is 0 Å². The van der Waals surface area contributed by atoms with Crippen LogP contribution in [-0.2, 0) is 9.53 Å². The SMILES string of the molecule is COC(=O)C1CCC(N(C)CCC2CCC2)CC1. The van der Waals surface area contributed by atoms with E-state index >= 15 is 0 Å². The van der Waals surface area contributed by atoms with Crippen molar-refractivity contribution in [1.82, 2.24) is 4.90 Å². The van der Waals surface area contributed by atoms with E-state index in [1.807, 2.05) is 0 Å². The first-order valence-electron chi connectivity index (χ1n) is 7.48. The summed E-state index contributed by atoms with van der Waals surface area (Å²) in [6.45, 7) is 1.23. The molecule has 0 aromatic rings. The summed E-state index contributed by atoms with van der Waals surface area (Å²) in [5.41, 5.74) is 0. The lowest BCUT2D eigenvalue weighted by Crippen LogP contribution is -2.38. The molecule has 2 aliphatic rings. The Hall–Kier alpha value is -0.570. The van der Waals surface area contributed by atoms with E-state index in [-0.39, 0.29) is 11.9 Å². The maximum Gasteiger partial charge on any atom is 0.308 e. The van der Waals surface area contributed by atoms with Crippen LogP contribution < -0.4 is 0 Å². The van der Waals surface area contributed by atoms with Crippen LogP contribution >= 0.6 is 0 Å². The minimum absolute atomic E-state index is 0.00873. The first kappa shape index (κ1) is 13.9. The minimum Gasteiger partial charge on any atom is -0.469 e. The molecule has 2 fully saturated rings. The maximum atomic E-state index is 11.5. The lowest BCUT2D eigenvalue weighted by atomic mass is 9.82. The van der Waals surface area contributed by atoms with Crippen LogP contribution in [0.5, 0.6) is 0 Å². The Labute approximate surface area is 111 Å². The molecule has 3 nitrogen and oxygen atoms in total. The molecule has 0 unspecified atom stereocenters. The number of carbonyl (C=O) groups excluding carboxylic acids is 1. The molecule has 0 radical (unpaired) electrons. The van der Waals surface area contributed by atoms with Crippen LogP contribution in [0.25, 0.3) is 0 Å². The van der Waals surface area contributed by atoms with E-state index in [4.69, 9.17) is 4.74 Å². The number of hydrogen-bond acceptors (Lipinski definition) is 3. The first-order chi connectivity index (χ1) is 8.70. The number of esters is 1. The van der Waals surface area contributed by atoms with Crippen LogP contribution in [-0.4, -0.2) is 37.6 Å². The highest BCUT2D eigenvalue weighted by Gasteiger charge is 2.29. The van der Waals surface area contributed by atoms with Crippen molar-refractivity contribution < 1.29 is 9.53 Å². The summed E-state index contributed by atoms with van der Waals surface area (Å²) in [6.07, 6.45) is 10.0. The molecule has 0 aromatic carbocycles. The van der Waals surface area contributed by atoms with Gasteiger partial charge in [0.1, 0.15) is 0 Å². The Morgan fingerprint density at radius 1 is 1.17 bits per heavy atom. The minimum atomic E-state index is -0.00873. The Kier molecular flexibility index (Phi) is 5.04. The second-order valence-electron chi connectivity index (χ2n) is 6.09. The molecule has 3 heteroatoms. The lowest BCUT2D eigenvalue weighted by Gasteiger charge is -2.35. The van der Waals surface area contributed by atoms with Crippen LogP contribution in [0.4, 0.5) is 0 Å². The molecule has 2 saturated carbocycles. The number of carbonyl (C=O) groups is 1. The topological polar surface area (TPSA) is 29.5 Å². The predicted molar refractivity (Wildman–Crippen MR) is 72.4 cm³/mol. The molecular formula is C15H27NO2. The molecular weight excluding hydrogens is 226 g/mol. The van der Waals surface area contributed by atoms with Gasteiger partial charge in [-0.2, -0.15) is 0 Å². The molecule has 2 aliphatic carbocycles. The van der Waals surface area contributed by atoms with Gasteiger partial charge < -0.3 is 9.64 Å². The number of methoxy groups -OCH3 is 1. The second kappa shape index (κ2) is 6.55. The van der Waals surface area contributed by atoms with Gasteiger partial charge in [-0.05, 0) is 51.6 Å². The summed E-state index contributed by atoms with van der Waals surface area (Å²) in [7, 11) is 3.75. The van der Waals surface area contributed by atoms with Gasteiger partial charge >= 0.3 is 5.97 Å². The van der Waals surface area contributed by atoms with Crippen LogP contribution in [0.15, 0.2) is 0 Å². The molecule has 2 rings (SSSR count). The van der Waals surface area contributed by atoms with Crippen molar-refractivity contribution in [3.63, 3.8) is 0 Å². The van der Waals surface area contributed by atoms with Crippen LogP contribution in [0.2, 0.25) is 0 Å². The fourth-order valence-electron chi connectivity index (χ4n) is 3.27. The summed E-state index contributed by atoms with van der Waals surface area (Å²) in [4.78, 5) is 14.0. The zero-order chi connectivity index (χ0) is 13.0. The van der Waals surface area contributed by atoms with Crippen LogP contribution in [0.1, 0.15) is 51.4 Å². The molecule has 18 heavy (non-hydrogen) atoms. The van der Waals surface area contributed by atoms with Gasteiger partial charge in [0.05, 0.1) is 13.0 Å². The fourth-order valence-corrected chi connectivity index (χ4v) is 3.27. The zero-order valence-corrected chi connectivity index (χ0v) is 11.9. The smallest absolute Gasteiger partial charge is 0.308 e. The number of nitrogens with zero attached hydrogens (tertiary/aromatic N) is 1. The molecule has 0 aliphatic heterocycles. The van der Waals surface area contributed by atoms with E-state index in [1.54, 1.807) is 0 Å². The molecule has 0 saturated heterocycles. The average Bonchev–Trinajstić information content (AvgIpc) is 2.36. The van der Waals surface area contributed by atoms with Gasteiger partial charge in [0.2, 0.25) is 0 Å². The monoisotopic (exact) mass is 253 g/mol. The van der Waals surface area contributed by atoms with Crippen molar-refractivity contribution >= 4 is 5.97 Å². The molecule has 0 amide bonds. The quantitative estimate of drug-likeness (QED) is 0.706. The van der Waals surface area contributed by atoms with Crippen molar-refractivity contribution in [2.45, 2.75) is 57.4 Å². The third-order valence-corrected chi connectivity index (χ3v) is 4.97. The molecule has 0 heterocycles. The van der Waals surface area contributed by atoms with E-state index in [2.05, 4.69) is 11.9 Å². The van der Waals surface area contributed by atoms with Crippen molar-refractivity contribution in [2.75, 3.05) is 20.7 Å². The zero-order valence-electron chi connectivity index (χ0n) is 11.9. The highest BCUT2D eigenvalue weighted by Crippen LogP contribution is 2.31. The van der Waals surface area contributed by atoms with Crippen LogP contribution in [0, 0.1) is 11.8 Å². The summed E-state index contributed by atoms with van der Waals surface area (Å²) < 4.78 is 4.83. The van der Waals surface area contributed by atoms with Crippen molar-refractivity contribution in [1.29, 1.82) is 0 Å². The van der Waals surface area contributed by atoms with Gasteiger partial charge in [-0.15, -0.1) is 0 Å². The highest BCUT2D eigenvalue weighted by atomic mass is 16.5. The summed E-state index contributed by atoms with van der Waals surface area (Å²) in [5.74, 6) is 1.15. The van der Waals surface area contributed by atoms with E-state index in [0.29, 0.717) is 6.04 Å². The summed E-state index contributed by atoms with van der Waals surface area (Å²) in [6, 6.07) is 0.686. The average molecular weight is 253 g/mol. The molecule has 0 atom stereocenters. The van der Waals surface area contributed by atoms with Gasteiger partial charge in [-0.25, -0.2) is 0 Å². The molecule has 0 N–H and O–H groups in total. The fraction of sp³-hybridized carbons (Fsp3) is 0.933. The van der Waals surface area contributed by atoms with Crippen molar-refractivity contribution in [3.8, 4) is 0 Å². The Balaban J connectivity index is 1.66. The van der Waals surface area contributed by atoms with E-state index in [9.17, 15) is 4.79 Å². The van der Waals surface area contributed by atoms with Gasteiger partial charge in [-0.1, -0.05) is 19.3 Å². The largest absolute Gasteiger partial charge is 0.469 e. The van der Waals surface area contributed by atoms with E-state index in [0.717, 1.165) is 31.6 Å². The third-order valence-electron chi connectivity index (χ3n) is 4.97. The highest BCUT2D eigenvalue weighted by molar-refractivity contribution is 5.72. The standard InChI is InChI=1S/C15H27NO2/c1-16(11-10-12-4-3-5-12)14-8-6-13(7-9-14)15(17)18-2/h12-14H,3-11H2,1-2H3. The normalized spacial score (nSPS) is 29.1. The Morgan fingerprint density at radius 2 is 1.83 bits per heavy atom. The third kappa shape index (κ3) is 3.47. The second-order valence-corrected chi connectivity index (χ2v) is 6.09. The Morgan fingerprint density at radius 3 is 2.33 bits per heavy atom. The van der Waals surface area contributed by atoms with Gasteiger partial charge in [0.25, 0.3) is 0 Å². The summed E-state index contributed by atoms with van der Waals surface area (Å²) >= 11 is 0. The van der Waals surface area contributed by atoms with Crippen LogP contribution in [0.3, 0.4) is 0 Å². The maximum absolute atomic E-state index is 11.5. The van der Waals surface area contributed by atoms with Crippen molar-refractivity contribution in [3.05, 3.63) is 0 Å². The van der Waals surface area contributed by atoms with Crippen molar-refractivity contribution in [2.24, 2.45) is 11.8 Å². The lowest BCUT2D eigenvalue weighted by molar-refractivity contribution is -0.146. The Bertz CT molecular complexity index is 268. The molecule has 0 aromatic heterocycles. The predicted octanol–water partition coefficient (Wildman–Crippen LogP) is 2.84. The number of ether oxygens (including phenoxy) is 1. The van der Waals surface area contributed by atoms with E-state index < -0.39 is 0 Å². The van der Waals surface area contributed by atoms with Gasteiger partial charge in [-0.3, -0.25) is 4.79 Å². The molecule has 0 spiro atoms. The molecule has 0 bridgehead atoms.